The molecule has 0 aliphatic carbocycles. The molecule has 0 aromatic heterocycles. The van der Waals surface area contributed by atoms with Gasteiger partial charge in [-0.1, -0.05) is 0 Å². The van der Waals surface area contributed by atoms with Gasteiger partial charge in [0.2, 0.25) is 5.91 Å². The van der Waals surface area contributed by atoms with Gasteiger partial charge in [0.25, 0.3) is 0 Å². The van der Waals surface area contributed by atoms with Crippen molar-refractivity contribution in [3.63, 3.8) is 0 Å². The van der Waals surface area contributed by atoms with Crippen LogP contribution in [0.4, 0.5) is 13.2 Å². The Balaban J connectivity index is 2.00. The molecule has 2 rings (SSSR count). The van der Waals surface area contributed by atoms with Crippen molar-refractivity contribution in [1.82, 2.24) is 10.2 Å². The van der Waals surface area contributed by atoms with Crippen LogP contribution in [0.1, 0.15) is 6.42 Å². The second kappa shape index (κ2) is 4.33. The molecule has 0 spiro atoms. The number of carbonyl (C=O) groups excluding carboxylic acids is 1. The molecule has 8 heteroatoms. The summed E-state index contributed by atoms with van der Waals surface area (Å²) < 4.78 is 37.7. The van der Waals surface area contributed by atoms with E-state index in [0.29, 0.717) is 11.6 Å². The van der Waals surface area contributed by atoms with Crippen LogP contribution in [0.3, 0.4) is 0 Å². The Morgan fingerprint density at radius 2 is 2.24 bits per heavy atom. The van der Waals surface area contributed by atoms with Gasteiger partial charge in [-0.15, -0.1) is 11.8 Å². The summed E-state index contributed by atoms with van der Waals surface area (Å²) in [5.41, 5.74) is -2.74. The smallest absolute Gasteiger partial charge is 0.379 e. The number of likely N-dealkylation sites (tertiary alicyclic amines) is 1. The number of nitrogens with zero attached hydrogens (tertiary/aromatic N) is 1. The van der Waals surface area contributed by atoms with Crippen molar-refractivity contribution >= 4 is 17.7 Å². The lowest BCUT2D eigenvalue weighted by Crippen LogP contribution is -2.50. The van der Waals surface area contributed by atoms with Gasteiger partial charge in [0.15, 0.2) is 5.60 Å². The van der Waals surface area contributed by atoms with Crippen molar-refractivity contribution in [3.8, 4) is 0 Å². The Morgan fingerprint density at radius 1 is 1.53 bits per heavy atom. The SMILES string of the molecule is O=C([C@@H]1CSCN1)N1CC[C@@](O)(C(F)(F)F)C1. The van der Waals surface area contributed by atoms with Crippen LogP contribution in [0.15, 0.2) is 0 Å². The maximum absolute atomic E-state index is 12.6. The normalized spacial score (nSPS) is 34.4. The minimum atomic E-state index is -4.68. The molecular formula is C9H13F3N2O2S. The fraction of sp³-hybridized carbons (Fsp3) is 0.889. The summed E-state index contributed by atoms with van der Waals surface area (Å²) in [6.07, 6.45) is -5.12. The maximum atomic E-state index is 12.6. The minimum absolute atomic E-state index is 0.0440. The standard InChI is InChI=1S/C9H13F3N2O2S/c10-9(11,12)8(16)1-2-14(4-8)7(15)6-3-17-5-13-6/h6,13,16H,1-5H2/t6-,8-/m0/s1. The van der Waals surface area contributed by atoms with Crippen LogP contribution in [0.5, 0.6) is 0 Å². The van der Waals surface area contributed by atoms with Crippen LogP contribution in [-0.2, 0) is 4.79 Å². The average molecular weight is 270 g/mol. The summed E-state index contributed by atoms with van der Waals surface area (Å²) >= 11 is 1.53. The van der Waals surface area contributed by atoms with Gasteiger partial charge in [0.1, 0.15) is 0 Å². The van der Waals surface area contributed by atoms with Gasteiger partial charge in [0.05, 0.1) is 12.6 Å². The third-order valence-corrected chi connectivity index (χ3v) is 4.04. The molecule has 0 unspecified atom stereocenters. The van der Waals surface area contributed by atoms with Crippen LogP contribution in [0.25, 0.3) is 0 Å². The van der Waals surface area contributed by atoms with E-state index in [2.05, 4.69) is 5.32 Å². The number of halogens is 3. The number of hydrogen-bond donors (Lipinski definition) is 2. The number of thioether (sulfide) groups is 1. The quantitative estimate of drug-likeness (QED) is 0.713. The van der Waals surface area contributed by atoms with Crippen molar-refractivity contribution in [2.24, 2.45) is 0 Å². The van der Waals surface area contributed by atoms with E-state index in [-0.39, 0.29) is 12.5 Å². The van der Waals surface area contributed by atoms with Gasteiger partial charge in [-0.25, -0.2) is 0 Å². The zero-order valence-electron chi connectivity index (χ0n) is 8.96. The Hall–Kier alpha value is -0.470. The zero-order valence-corrected chi connectivity index (χ0v) is 9.77. The summed E-state index contributed by atoms with van der Waals surface area (Å²) in [5, 5.41) is 12.4. The Kier molecular flexibility index (Phi) is 3.30. The highest BCUT2D eigenvalue weighted by atomic mass is 32.2. The maximum Gasteiger partial charge on any atom is 0.419 e. The molecule has 0 saturated carbocycles. The van der Waals surface area contributed by atoms with E-state index in [1.165, 1.54) is 11.8 Å². The van der Waals surface area contributed by atoms with E-state index < -0.39 is 30.8 Å². The highest BCUT2D eigenvalue weighted by Crippen LogP contribution is 2.37. The molecule has 98 valence electrons. The van der Waals surface area contributed by atoms with Crippen molar-refractivity contribution in [1.29, 1.82) is 0 Å². The van der Waals surface area contributed by atoms with Gasteiger partial charge < -0.3 is 10.0 Å². The summed E-state index contributed by atoms with van der Waals surface area (Å²) in [4.78, 5) is 12.9. The number of aliphatic hydroxyl groups is 1. The fourth-order valence-electron chi connectivity index (χ4n) is 1.99. The average Bonchev–Trinajstić information content (AvgIpc) is 2.84. The van der Waals surface area contributed by atoms with E-state index in [0.717, 1.165) is 4.90 Å². The number of rotatable bonds is 1. The van der Waals surface area contributed by atoms with E-state index in [1.54, 1.807) is 0 Å². The molecule has 0 bridgehead atoms. The molecule has 4 nitrogen and oxygen atoms in total. The second-order valence-corrected chi connectivity index (χ2v) is 5.34. The number of β-amino-alcohol motifs (C(OH)–C–C–N with tert-alkyl or cyclic N) is 1. The zero-order chi connectivity index (χ0) is 12.7. The molecule has 2 aliphatic rings. The summed E-state index contributed by atoms with van der Waals surface area (Å²) in [7, 11) is 0. The van der Waals surface area contributed by atoms with E-state index in [4.69, 9.17) is 0 Å². The third-order valence-electron chi connectivity index (χ3n) is 3.10. The fourth-order valence-corrected chi connectivity index (χ4v) is 2.92. The largest absolute Gasteiger partial charge is 0.419 e. The lowest BCUT2D eigenvalue weighted by atomic mass is 10.0. The predicted molar refractivity (Wildman–Crippen MR) is 56.5 cm³/mol. The molecule has 2 atom stereocenters. The number of alkyl halides is 3. The highest BCUT2D eigenvalue weighted by Gasteiger charge is 2.58. The Morgan fingerprint density at radius 3 is 2.71 bits per heavy atom. The van der Waals surface area contributed by atoms with Crippen molar-refractivity contribution in [3.05, 3.63) is 0 Å². The van der Waals surface area contributed by atoms with Crippen molar-refractivity contribution < 1.29 is 23.1 Å². The van der Waals surface area contributed by atoms with E-state index >= 15 is 0 Å². The Bertz CT molecular complexity index is 320. The first-order valence-electron chi connectivity index (χ1n) is 5.22. The Labute approximate surface area is 101 Å². The molecule has 0 aromatic rings. The predicted octanol–water partition coefficient (Wildman–Crippen LogP) is 0.175. The molecule has 2 saturated heterocycles. The van der Waals surface area contributed by atoms with Crippen LogP contribution < -0.4 is 5.32 Å². The minimum Gasteiger partial charge on any atom is -0.379 e. The molecule has 0 radical (unpaired) electrons. The molecule has 2 heterocycles. The second-order valence-electron chi connectivity index (χ2n) is 4.31. The number of amides is 1. The van der Waals surface area contributed by atoms with Gasteiger partial charge in [-0.05, 0) is 0 Å². The molecule has 2 N–H and O–H groups in total. The van der Waals surface area contributed by atoms with Crippen LogP contribution in [-0.4, -0.2) is 58.5 Å². The topological polar surface area (TPSA) is 52.6 Å². The lowest BCUT2D eigenvalue weighted by molar-refractivity contribution is -0.253. The summed E-state index contributed by atoms with van der Waals surface area (Å²) in [5.74, 6) is 0.850. The van der Waals surface area contributed by atoms with Crippen molar-refractivity contribution in [2.75, 3.05) is 24.7 Å². The van der Waals surface area contributed by atoms with Gasteiger partial charge >= 0.3 is 6.18 Å². The molecule has 2 aliphatic heterocycles. The van der Waals surface area contributed by atoms with Gasteiger partial charge in [-0.3, -0.25) is 10.1 Å². The van der Waals surface area contributed by atoms with Crippen molar-refractivity contribution in [2.45, 2.75) is 24.2 Å². The summed E-state index contributed by atoms with van der Waals surface area (Å²) in [6, 6.07) is -0.421. The molecule has 1 amide bonds. The lowest BCUT2D eigenvalue weighted by Gasteiger charge is -2.26. The molecule has 2 fully saturated rings. The monoisotopic (exact) mass is 270 g/mol. The van der Waals surface area contributed by atoms with Crippen LogP contribution >= 0.6 is 11.8 Å². The number of hydrogen-bond acceptors (Lipinski definition) is 4. The van der Waals surface area contributed by atoms with E-state index in [9.17, 15) is 23.1 Å². The first-order chi connectivity index (χ1) is 7.83. The molecule has 17 heavy (non-hydrogen) atoms. The van der Waals surface area contributed by atoms with Gasteiger partial charge in [0, 0.05) is 24.6 Å². The van der Waals surface area contributed by atoms with Crippen LogP contribution in [0.2, 0.25) is 0 Å². The van der Waals surface area contributed by atoms with E-state index in [1.807, 2.05) is 0 Å². The first-order valence-corrected chi connectivity index (χ1v) is 6.38. The van der Waals surface area contributed by atoms with Gasteiger partial charge in [-0.2, -0.15) is 13.2 Å². The number of nitrogens with one attached hydrogen (secondary N) is 1. The highest BCUT2D eigenvalue weighted by molar-refractivity contribution is 7.99. The summed E-state index contributed by atoms with van der Waals surface area (Å²) in [6.45, 7) is -0.699. The van der Waals surface area contributed by atoms with Crippen LogP contribution in [0, 0.1) is 0 Å². The molecular weight excluding hydrogens is 257 g/mol. The third kappa shape index (κ3) is 2.38. The first kappa shape index (κ1) is 13.0. The molecule has 0 aromatic carbocycles. The number of carbonyl (C=O) groups is 1.